The van der Waals surface area contributed by atoms with Crippen molar-refractivity contribution in [3.05, 3.63) is 34.3 Å². The van der Waals surface area contributed by atoms with Gasteiger partial charge in [-0.1, -0.05) is 35.0 Å². The maximum atomic E-state index is 12.3. The van der Waals surface area contributed by atoms with Crippen molar-refractivity contribution in [1.82, 2.24) is 5.32 Å². The van der Waals surface area contributed by atoms with Crippen molar-refractivity contribution in [3.8, 4) is 0 Å². The summed E-state index contributed by atoms with van der Waals surface area (Å²) in [4.78, 5) is 12.3. The lowest BCUT2D eigenvalue weighted by Crippen LogP contribution is -2.36. The Bertz CT molecular complexity index is 446. The van der Waals surface area contributed by atoms with Gasteiger partial charge in [-0.2, -0.15) is 0 Å². The highest BCUT2D eigenvalue weighted by atomic mass is 79.9. The summed E-state index contributed by atoms with van der Waals surface area (Å²) in [7, 11) is 0. The molecule has 1 heterocycles. The molecule has 104 valence electrons. The molecule has 0 aromatic heterocycles. The third kappa shape index (κ3) is 3.37. The van der Waals surface area contributed by atoms with E-state index in [4.69, 9.17) is 4.74 Å². The van der Waals surface area contributed by atoms with Gasteiger partial charge in [0.05, 0.1) is 18.1 Å². The Balaban J connectivity index is 1.92. The summed E-state index contributed by atoms with van der Waals surface area (Å²) in [5.41, 5.74) is 1.10. The molecule has 1 amide bonds. The fraction of sp³-hybridized carbons (Fsp3) is 0.533. The Labute approximate surface area is 122 Å². The van der Waals surface area contributed by atoms with Crippen LogP contribution in [0.4, 0.5) is 0 Å². The van der Waals surface area contributed by atoms with E-state index in [0.717, 1.165) is 10.0 Å². The minimum Gasteiger partial charge on any atom is -0.374 e. The standard InChI is InChI=1S/C15H20BrNO2/c1-9-10(2)19-11(3)14(9)15(18)17-8-12-4-6-13(16)7-5-12/h4-7,9-11,14H,8H2,1-3H3,(H,17,18). The molecule has 1 aliphatic heterocycles. The molecule has 0 aliphatic carbocycles. The van der Waals surface area contributed by atoms with Gasteiger partial charge in [0.15, 0.2) is 0 Å². The van der Waals surface area contributed by atoms with Crippen molar-refractivity contribution in [3.63, 3.8) is 0 Å². The van der Waals surface area contributed by atoms with Crippen LogP contribution in [0.3, 0.4) is 0 Å². The van der Waals surface area contributed by atoms with Crippen molar-refractivity contribution in [2.75, 3.05) is 0 Å². The Kier molecular flexibility index (Phi) is 4.63. The molecule has 19 heavy (non-hydrogen) atoms. The quantitative estimate of drug-likeness (QED) is 0.927. The molecule has 4 atom stereocenters. The molecule has 4 heteroatoms. The molecule has 1 saturated heterocycles. The molecule has 0 bridgehead atoms. The first-order chi connectivity index (χ1) is 8.99. The lowest BCUT2D eigenvalue weighted by Gasteiger charge is -2.18. The van der Waals surface area contributed by atoms with Crippen molar-refractivity contribution < 1.29 is 9.53 Å². The summed E-state index contributed by atoms with van der Waals surface area (Å²) in [6.07, 6.45) is 0.147. The van der Waals surface area contributed by atoms with Crippen LogP contribution in [0, 0.1) is 11.8 Å². The highest BCUT2D eigenvalue weighted by molar-refractivity contribution is 9.10. The fourth-order valence-electron chi connectivity index (χ4n) is 2.63. The molecule has 0 saturated carbocycles. The minimum absolute atomic E-state index is 0.00471. The average molecular weight is 326 g/mol. The lowest BCUT2D eigenvalue weighted by molar-refractivity contribution is -0.127. The van der Waals surface area contributed by atoms with E-state index < -0.39 is 0 Å². The van der Waals surface area contributed by atoms with E-state index in [2.05, 4.69) is 28.2 Å². The van der Waals surface area contributed by atoms with Crippen molar-refractivity contribution >= 4 is 21.8 Å². The van der Waals surface area contributed by atoms with Crippen LogP contribution in [0.15, 0.2) is 28.7 Å². The van der Waals surface area contributed by atoms with Crippen LogP contribution >= 0.6 is 15.9 Å². The number of amides is 1. The summed E-state index contributed by atoms with van der Waals surface area (Å²) in [6.45, 7) is 6.65. The van der Waals surface area contributed by atoms with E-state index >= 15 is 0 Å². The second kappa shape index (κ2) is 6.06. The first-order valence-electron chi connectivity index (χ1n) is 6.66. The smallest absolute Gasteiger partial charge is 0.226 e. The Morgan fingerprint density at radius 3 is 2.37 bits per heavy atom. The van der Waals surface area contributed by atoms with Crippen LogP contribution in [0.1, 0.15) is 26.3 Å². The molecule has 1 fully saturated rings. The SMILES string of the molecule is CC1OC(C)C(C(=O)NCc2ccc(Br)cc2)C1C. The number of hydrogen-bond donors (Lipinski definition) is 1. The highest BCUT2D eigenvalue weighted by Crippen LogP contribution is 2.32. The summed E-state index contributed by atoms with van der Waals surface area (Å²) in [5.74, 6) is 0.303. The van der Waals surface area contributed by atoms with Gasteiger partial charge in [-0.15, -0.1) is 0 Å². The topological polar surface area (TPSA) is 38.3 Å². The number of carbonyl (C=O) groups is 1. The average Bonchev–Trinajstić information content (AvgIpc) is 2.62. The fourth-order valence-corrected chi connectivity index (χ4v) is 2.89. The normalized spacial score (nSPS) is 30.3. The second-order valence-electron chi connectivity index (χ2n) is 5.28. The Morgan fingerprint density at radius 2 is 1.84 bits per heavy atom. The van der Waals surface area contributed by atoms with Gasteiger partial charge in [0.1, 0.15) is 0 Å². The number of nitrogens with one attached hydrogen (secondary N) is 1. The van der Waals surface area contributed by atoms with Gasteiger partial charge in [-0.05, 0) is 37.5 Å². The third-order valence-corrected chi connectivity index (χ3v) is 4.45. The molecule has 3 nitrogen and oxygen atoms in total. The van der Waals surface area contributed by atoms with Gasteiger partial charge in [-0.25, -0.2) is 0 Å². The first kappa shape index (κ1) is 14.5. The van der Waals surface area contributed by atoms with Crippen LogP contribution in [0.25, 0.3) is 0 Å². The van der Waals surface area contributed by atoms with E-state index in [1.807, 2.05) is 38.1 Å². The van der Waals surface area contributed by atoms with Crippen LogP contribution in [0.2, 0.25) is 0 Å². The molecule has 0 spiro atoms. The van der Waals surface area contributed by atoms with Gasteiger partial charge in [-0.3, -0.25) is 4.79 Å². The highest BCUT2D eigenvalue weighted by Gasteiger charge is 2.41. The summed E-state index contributed by atoms with van der Waals surface area (Å²) >= 11 is 3.40. The number of rotatable bonds is 3. The molecule has 1 aliphatic rings. The number of ether oxygens (including phenoxy) is 1. The van der Waals surface area contributed by atoms with E-state index in [1.54, 1.807) is 0 Å². The predicted octanol–water partition coefficient (Wildman–Crippen LogP) is 3.12. The van der Waals surface area contributed by atoms with E-state index in [-0.39, 0.29) is 30.0 Å². The molecule has 1 N–H and O–H groups in total. The van der Waals surface area contributed by atoms with Crippen LogP contribution in [-0.2, 0) is 16.1 Å². The predicted molar refractivity (Wildman–Crippen MR) is 78.7 cm³/mol. The van der Waals surface area contributed by atoms with E-state index in [1.165, 1.54) is 0 Å². The van der Waals surface area contributed by atoms with E-state index in [9.17, 15) is 4.79 Å². The monoisotopic (exact) mass is 325 g/mol. The van der Waals surface area contributed by atoms with Gasteiger partial charge < -0.3 is 10.1 Å². The van der Waals surface area contributed by atoms with Crippen LogP contribution in [-0.4, -0.2) is 18.1 Å². The molecule has 1 aromatic rings. The largest absolute Gasteiger partial charge is 0.374 e. The van der Waals surface area contributed by atoms with Crippen molar-refractivity contribution in [2.24, 2.45) is 11.8 Å². The number of benzene rings is 1. The Morgan fingerprint density at radius 1 is 1.21 bits per heavy atom. The third-order valence-electron chi connectivity index (χ3n) is 3.92. The van der Waals surface area contributed by atoms with Gasteiger partial charge >= 0.3 is 0 Å². The van der Waals surface area contributed by atoms with Crippen molar-refractivity contribution in [1.29, 1.82) is 0 Å². The number of hydrogen-bond acceptors (Lipinski definition) is 2. The molecule has 2 rings (SSSR count). The van der Waals surface area contributed by atoms with Gasteiger partial charge in [0.2, 0.25) is 5.91 Å². The zero-order chi connectivity index (χ0) is 14.0. The van der Waals surface area contributed by atoms with Gasteiger partial charge in [0.25, 0.3) is 0 Å². The van der Waals surface area contributed by atoms with Crippen molar-refractivity contribution in [2.45, 2.75) is 39.5 Å². The maximum absolute atomic E-state index is 12.3. The van der Waals surface area contributed by atoms with Crippen LogP contribution < -0.4 is 5.32 Å². The number of halogens is 1. The molecular weight excluding hydrogens is 306 g/mol. The molecular formula is C15H20BrNO2. The first-order valence-corrected chi connectivity index (χ1v) is 7.46. The summed E-state index contributed by atoms with van der Waals surface area (Å²) in [6, 6.07) is 7.97. The summed E-state index contributed by atoms with van der Waals surface area (Å²) in [5, 5.41) is 3.01. The Hall–Kier alpha value is -0.870. The molecule has 0 radical (unpaired) electrons. The van der Waals surface area contributed by atoms with Gasteiger partial charge in [0, 0.05) is 11.0 Å². The molecule has 1 aromatic carbocycles. The number of carbonyl (C=O) groups excluding carboxylic acids is 1. The lowest BCUT2D eigenvalue weighted by atomic mass is 9.89. The van der Waals surface area contributed by atoms with E-state index in [0.29, 0.717) is 6.54 Å². The van der Waals surface area contributed by atoms with Crippen LogP contribution in [0.5, 0.6) is 0 Å². The maximum Gasteiger partial charge on any atom is 0.226 e. The second-order valence-corrected chi connectivity index (χ2v) is 6.19. The molecule has 4 unspecified atom stereocenters. The minimum atomic E-state index is -0.0505. The zero-order valence-corrected chi connectivity index (χ0v) is 13.1. The summed E-state index contributed by atoms with van der Waals surface area (Å²) < 4.78 is 6.75. The zero-order valence-electron chi connectivity index (χ0n) is 11.5.